The molecule has 1 aromatic rings. The highest BCUT2D eigenvalue weighted by atomic mass is 16.3. The standard InChI is InChI=1S/C30H37N3O7/c1-32(2)24-19-10-17-9-18-16(13-33(11-14-3-4-14)12-15-5-6-15)7-8-20(34)22(18)25(35)21(17)27(37)30(19,40)28(38)23(26(24)36)29(31)39/h7-8,14-15,17,19,24,34-35,38,40H,3-6,9-13H2,1-2H3,(H2,31,39)/t17-,19-,24-,30-/m1/s1. The highest BCUT2D eigenvalue weighted by Crippen LogP contribution is 2.53. The normalized spacial score (nSPS) is 30.1. The lowest BCUT2D eigenvalue weighted by atomic mass is 9.57. The minimum absolute atomic E-state index is 0.0920. The molecular formula is C30H37N3O7. The Bertz CT molecular complexity index is 1360. The van der Waals surface area contributed by atoms with Crippen molar-refractivity contribution in [3.8, 4) is 5.75 Å². The number of hydrogen-bond acceptors (Lipinski definition) is 9. The molecule has 0 spiro atoms. The number of hydrogen-bond donors (Lipinski definition) is 5. The number of amides is 1. The van der Waals surface area contributed by atoms with Gasteiger partial charge in [-0.1, -0.05) is 6.07 Å². The molecule has 10 heteroatoms. The number of aliphatic hydroxyl groups excluding tert-OH is 2. The molecule has 3 fully saturated rings. The molecular weight excluding hydrogens is 514 g/mol. The maximum absolute atomic E-state index is 14.0. The Morgan fingerprint density at radius 3 is 2.23 bits per heavy atom. The van der Waals surface area contributed by atoms with Crippen molar-refractivity contribution in [2.24, 2.45) is 29.4 Å². The first-order valence-electron chi connectivity index (χ1n) is 14.1. The average Bonchev–Trinajstić information content (AvgIpc) is 3.80. The van der Waals surface area contributed by atoms with E-state index in [1.807, 2.05) is 6.07 Å². The van der Waals surface area contributed by atoms with Crippen molar-refractivity contribution in [1.82, 2.24) is 9.80 Å². The second-order valence-corrected chi connectivity index (χ2v) is 12.6. The second kappa shape index (κ2) is 9.43. The molecule has 5 aliphatic rings. The van der Waals surface area contributed by atoms with Crippen molar-refractivity contribution in [1.29, 1.82) is 0 Å². The molecule has 1 aromatic carbocycles. The third kappa shape index (κ3) is 4.15. The number of phenols is 1. The van der Waals surface area contributed by atoms with Crippen molar-refractivity contribution in [2.45, 2.75) is 56.7 Å². The van der Waals surface area contributed by atoms with Crippen molar-refractivity contribution in [3.63, 3.8) is 0 Å². The molecule has 214 valence electrons. The van der Waals surface area contributed by atoms with Crippen molar-refractivity contribution in [3.05, 3.63) is 45.7 Å². The van der Waals surface area contributed by atoms with E-state index in [1.165, 1.54) is 36.6 Å². The van der Waals surface area contributed by atoms with Crippen LogP contribution in [0.15, 0.2) is 29.0 Å². The number of fused-ring (bicyclic) bond motifs is 3. The van der Waals surface area contributed by atoms with E-state index in [1.54, 1.807) is 14.1 Å². The number of ketones is 2. The van der Waals surface area contributed by atoms with E-state index in [0.717, 1.165) is 24.2 Å². The molecule has 0 aliphatic heterocycles. The molecule has 0 heterocycles. The highest BCUT2D eigenvalue weighted by Gasteiger charge is 2.64. The van der Waals surface area contributed by atoms with E-state index in [0.29, 0.717) is 24.8 Å². The number of rotatable bonds is 8. The van der Waals surface area contributed by atoms with E-state index in [-0.39, 0.29) is 23.3 Å². The summed E-state index contributed by atoms with van der Waals surface area (Å²) in [6, 6.07) is 2.31. The van der Waals surface area contributed by atoms with E-state index >= 15 is 0 Å². The lowest BCUT2D eigenvalue weighted by Gasteiger charge is -2.50. The molecule has 0 bridgehead atoms. The molecule has 10 nitrogen and oxygen atoms in total. The number of benzene rings is 1. The quantitative estimate of drug-likeness (QED) is 0.302. The fourth-order valence-corrected chi connectivity index (χ4v) is 7.23. The molecule has 6 N–H and O–H groups in total. The summed E-state index contributed by atoms with van der Waals surface area (Å²) >= 11 is 0. The lowest BCUT2D eigenvalue weighted by Crippen LogP contribution is -2.65. The third-order valence-electron chi connectivity index (χ3n) is 9.52. The van der Waals surface area contributed by atoms with E-state index in [2.05, 4.69) is 4.90 Å². The monoisotopic (exact) mass is 551 g/mol. The molecule has 4 atom stereocenters. The Labute approximate surface area is 232 Å². The largest absolute Gasteiger partial charge is 0.508 e. The molecule has 3 saturated carbocycles. The number of nitrogens with two attached hydrogens (primary N) is 1. The number of nitrogens with zero attached hydrogens (tertiary/aromatic N) is 2. The number of phenolic OH excluding ortho intramolecular Hbond substituents is 1. The van der Waals surface area contributed by atoms with Crippen LogP contribution >= 0.6 is 0 Å². The van der Waals surface area contributed by atoms with Crippen LogP contribution in [0, 0.1) is 23.7 Å². The number of likely N-dealkylation sites (N-methyl/N-ethyl adjacent to an activating group) is 1. The summed E-state index contributed by atoms with van der Waals surface area (Å²) in [6.45, 7) is 2.68. The summed E-state index contributed by atoms with van der Waals surface area (Å²) in [5, 5.41) is 45.0. The van der Waals surface area contributed by atoms with Gasteiger partial charge in [-0.3, -0.25) is 24.2 Å². The van der Waals surface area contributed by atoms with Gasteiger partial charge in [0, 0.05) is 31.1 Å². The minimum atomic E-state index is -2.62. The van der Waals surface area contributed by atoms with Crippen molar-refractivity contribution in [2.75, 3.05) is 27.2 Å². The van der Waals surface area contributed by atoms with Crippen LogP contribution in [0.2, 0.25) is 0 Å². The predicted molar refractivity (Wildman–Crippen MR) is 145 cm³/mol. The number of aliphatic hydroxyl groups is 3. The van der Waals surface area contributed by atoms with E-state index in [4.69, 9.17) is 5.73 Å². The summed E-state index contributed by atoms with van der Waals surface area (Å²) in [4.78, 5) is 43.4. The summed E-state index contributed by atoms with van der Waals surface area (Å²) in [5.74, 6) is -4.89. The first-order chi connectivity index (χ1) is 18.9. The van der Waals surface area contributed by atoms with E-state index in [9.17, 15) is 34.8 Å². The summed E-state index contributed by atoms with van der Waals surface area (Å²) in [5.41, 5.74) is 3.72. The van der Waals surface area contributed by atoms with Gasteiger partial charge in [0.15, 0.2) is 11.4 Å². The fraction of sp³-hybridized carbons (Fsp3) is 0.567. The topological polar surface area (TPSA) is 165 Å². The number of carbonyl (C=O) groups excluding carboxylic acids is 3. The van der Waals surface area contributed by atoms with Crippen LogP contribution < -0.4 is 5.73 Å². The lowest BCUT2D eigenvalue weighted by molar-refractivity contribution is -0.153. The maximum Gasteiger partial charge on any atom is 0.255 e. The molecule has 1 amide bonds. The van der Waals surface area contributed by atoms with Gasteiger partial charge < -0.3 is 26.2 Å². The first-order valence-corrected chi connectivity index (χ1v) is 14.1. The van der Waals surface area contributed by atoms with Crippen LogP contribution in [0.3, 0.4) is 0 Å². The van der Waals surface area contributed by atoms with Gasteiger partial charge in [0.1, 0.15) is 22.8 Å². The van der Waals surface area contributed by atoms with Gasteiger partial charge in [-0.25, -0.2) is 0 Å². The van der Waals surface area contributed by atoms with Crippen LogP contribution in [0.25, 0.3) is 5.76 Å². The van der Waals surface area contributed by atoms with Gasteiger partial charge in [-0.15, -0.1) is 0 Å². The molecule has 5 aliphatic carbocycles. The summed E-state index contributed by atoms with van der Waals surface area (Å²) in [6.07, 6.45) is 5.36. The Balaban J connectivity index is 1.44. The fourth-order valence-electron chi connectivity index (χ4n) is 7.23. The summed E-state index contributed by atoms with van der Waals surface area (Å²) < 4.78 is 0. The van der Waals surface area contributed by atoms with Crippen LogP contribution in [0.1, 0.15) is 48.8 Å². The molecule has 0 unspecified atom stereocenters. The zero-order valence-electron chi connectivity index (χ0n) is 22.9. The first kappa shape index (κ1) is 27.0. The van der Waals surface area contributed by atoms with Crippen LogP contribution in [0.5, 0.6) is 5.75 Å². The van der Waals surface area contributed by atoms with Crippen molar-refractivity contribution < 1.29 is 34.8 Å². The number of aromatic hydroxyl groups is 1. The van der Waals surface area contributed by atoms with Gasteiger partial charge in [0.25, 0.3) is 5.91 Å². The molecule has 0 aromatic heterocycles. The van der Waals surface area contributed by atoms with Gasteiger partial charge in [-0.05, 0) is 87.6 Å². The Morgan fingerprint density at radius 2 is 1.68 bits per heavy atom. The van der Waals surface area contributed by atoms with Crippen LogP contribution in [-0.4, -0.2) is 86.5 Å². The number of primary amides is 1. The zero-order chi connectivity index (χ0) is 28.7. The van der Waals surface area contributed by atoms with Gasteiger partial charge in [0.2, 0.25) is 5.78 Å². The third-order valence-corrected chi connectivity index (χ3v) is 9.52. The zero-order valence-corrected chi connectivity index (χ0v) is 22.9. The van der Waals surface area contributed by atoms with Crippen LogP contribution in [-0.2, 0) is 27.3 Å². The van der Waals surface area contributed by atoms with Crippen LogP contribution in [0.4, 0.5) is 0 Å². The highest BCUT2D eigenvalue weighted by molar-refractivity contribution is 6.24. The van der Waals surface area contributed by atoms with Gasteiger partial charge in [0.05, 0.1) is 11.6 Å². The Kier molecular flexibility index (Phi) is 6.36. The van der Waals surface area contributed by atoms with Gasteiger partial charge in [-0.2, -0.15) is 0 Å². The predicted octanol–water partition coefficient (Wildman–Crippen LogP) is 1.59. The van der Waals surface area contributed by atoms with E-state index < -0.39 is 58.0 Å². The smallest absolute Gasteiger partial charge is 0.255 e. The Hall–Kier alpha value is -3.21. The SMILES string of the molecule is CN(C)[C@H]1C(=O)C(C(N)=O)=C(O)[C@]2(O)C(=O)C3=C(O)c4c(O)ccc(CN(CC5CC5)CC5CC5)c4C[C@@H]3C[C@H]12. The molecule has 6 rings (SSSR count). The molecule has 40 heavy (non-hydrogen) atoms. The Morgan fingerprint density at radius 1 is 1.05 bits per heavy atom. The number of Topliss-reactive ketones (excluding diaryl/α,β-unsaturated/α-hetero) is 2. The molecule has 0 radical (unpaired) electrons. The second-order valence-electron chi connectivity index (χ2n) is 12.6. The minimum Gasteiger partial charge on any atom is -0.508 e. The van der Waals surface area contributed by atoms with Gasteiger partial charge >= 0.3 is 0 Å². The van der Waals surface area contributed by atoms with Crippen molar-refractivity contribution >= 4 is 23.2 Å². The summed E-state index contributed by atoms with van der Waals surface area (Å²) in [7, 11) is 3.19. The number of carbonyl (C=O) groups is 3. The average molecular weight is 552 g/mol. The molecule has 0 saturated heterocycles. The maximum atomic E-state index is 14.0.